The summed E-state index contributed by atoms with van der Waals surface area (Å²) >= 11 is 0. The smallest absolute Gasteiger partial charge is 0.214 e. The molecule has 0 aliphatic heterocycles. The second-order valence-electron chi connectivity index (χ2n) is 1.12. The molecule has 0 aromatic rings. The van der Waals surface area contributed by atoms with Crippen molar-refractivity contribution in [3.8, 4) is 6.07 Å². The van der Waals surface area contributed by atoms with E-state index in [9.17, 15) is 4.79 Å². The highest BCUT2D eigenvalue weighted by atomic mass is 16.1. The first-order chi connectivity index (χ1) is 3.65. The van der Waals surface area contributed by atoms with E-state index in [2.05, 4.69) is 5.73 Å². The van der Waals surface area contributed by atoms with Crippen LogP contribution in [0.1, 0.15) is 20.3 Å². The Balaban J connectivity index is 0. The van der Waals surface area contributed by atoms with Crippen molar-refractivity contribution in [1.29, 1.82) is 5.26 Å². The molecule has 0 bridgehead atoms. The fraction of sp³-hybridized carbons (Fsp3) is 0.600. The summed E-state index contributed by atoms with van der Waals surface area (Å²) in [6.45, 7) is 3.12. The van der Waals surface area contributed by atoms with Crippen LogP contribution in [0.25, 0.3) is 0 Å². The first-order valence-electron chi connectivity index (χ1n) is 2.28. The summed E-state index contributed by atoms with van der Waals surface area (Å²) in [5, 5.41) is 7.62. The number of nitrogens with zero attached hydrogens (tertiary/aromatic N) is 1. The predicted molar refractivity (Wildman–Crippen MR) is 30.8 cm³/mol. The Bertz CT molecular complexity index is 89.1. The van der Waals surface area contributed by atoms with Gasteiger partial charge in [-0.1, -0.05) is 6.92 Å². The van der Waals surface area contributed by atoms with E-state index in [1.807, 2.05) is 13.0 Å². The van der Waals surface area contributed by atoms with Crippen molar-refractivity contribution in [3.63, 3.8) is 0 Å². The summed E-state index contributed by atoms with van der Waals surface area (Å²) < 4.78 is 0. The molecule has 0 saturated heterocycles. The zero-order valence-corrected chi connectivity index (χ0v) is 5.14. The van der Waals surface area contributed by atoms with Gasteiger partial charge in [0.2, 0.25) is 5.91 Å². The van der Waals surface area contributed by atoms with Crippen molar-refractivity contribution in [2.75, 3.05) is 0 Å². The van der Waals surface area contributed by atoms with Crippen LogP contribution < -0.4 is 5.73 Å². The summed E-state index contributed by atoms with van der Waals surface area (Å²) in [6.07, 6.45) is 0.625. The zero-order valence-electron chi connectivity index (χ0n) is 5.14. The van der Waals surface area contributed by atoms with E-state index in [0.29, 0.717) is 6.42 Å². The number of nitriles is 1. The van der Waals surface area contributed by atoms with Crippen LogP contribution in [0, 0.1) is 11.3 Å². The lowest BCUT2D eigenvalue weighted by atomic mass is 10.6. The first kappa shape index (κ1) is 10.0. The van der Waals surface area contributed by atoms with Gasteiger partial charge in [0.25, 0.3) is 0 Å². The van der Waals surface area contributed by atoms with Crippen LogP contribution in [-0.2, 0) is 4.79 Å². The molecule has 3 heteroatoms. The molecule has 0 atom stereocenters. The lowest BCUT2D eigenvalue weighted by molar-refractivity contribution is -0.115. The van der Waals surface area contributed by atoms with Crippen LogP contribution in [0.2, 0.25) is 0 Å². The van der Waals surface area contributed by atoms with Crippen LogP contribution in [0.4, 0.5) is 0 Å². The summed E-state index contributed by atoms with van der Waals surface area (Å²) in [5.41, 5.74) is 4.47. The quantitative estimate of drug-likeness (QED) is 0.495. The van der Waals surface area contributed by atoms with Crippen molar-refractivity contribution in [2.24, 2.45) is 5.73 Å². The molecule has 46 valence electrons. The van der Waals surface area contributed by atoms with E-state index in [4.69, 9.17) is 5.26 Å². The Morgan fingerprint density at radius 3 is 2.00 bits per heavy atom. The SMILES string of the molecule is CC(N)=O.CCC#N. The number of hydrogen-bond acceptors (Lipinski definition) is 2. The van der Waals surface area contributed by atoms with Gasteiger partial charge in [0, 0.05) is 13.3 Å². The number of carbonyl (C=O) groups excluding carboxylic acids is 1. The third-order valence-electron chi connectivity index (χ3n) is 0.158. The van der Waals surface area contributed by atoms with Gasteiger partial charge < -0.3 is 5.73 Å². The van der Waals surface area contributed by atoms with Crippen molar-refractivity contribution in [3.05, 3.63) is 0 Å². The maximum Gasteiger partial charge on any atom is 0.214 e. The highest BCUT2D eigenvalue weighted by molar-refractivity contribution is 5.70. The molecule has 2 N–H and O–H groups in total. The maximum absolute atomic E-state index is 9.22. The number of amides is 1. The number of hydrogen-bond donors (Lipinski definition) is 1. The van der Waals surface area contributed by atoms with Gasteiger partial charge in [-0.3, -0.25) is 4.79 Å². The summed E-state index contributed by atoms with van der Waals surface area (Å²) in [6, 6.07) is 1.93. The van der Waals surface area contributed by atoms with Gasteiger partial charge >= 0.3 is 0 Å². The number of primary amides is 1. The number of carbonyl (C=O) groups is 1. The summed E-state index contributed by atoms with van der Waals surface area (Å²) in [4.78, 5) is 9.22. The highest BCUT2D eigenvalue weighted by Gasteiger charge is 1.61. The Labute approximate surface area is 49.1 Å². The monoisotopic (exact) mass is 114 g/mol. The molecular weight excluding hydrogens is 104 g/mol. The van der Waals surface area contributed by atoms with Crippen LogP contribution in [0.3, 0.4) is 0 Å². The third-order valence-corrected chi connectivity index (χ3v) is 0.158. The summed E-state index contributed by atoms with van der Waals surface area (Å²) in [5.74, 6) is -0.333. The molecule has 0 heterocycles. The topological polar surface area (TPSA) is 66.9 Å². The number of nitrogens with two attached hydrogens (primary N) is 1. The standard InChI is InChI=1S/C3H5N.C2H5NO/c1-2-3-4;1-2(3)4/h2H2,1H3;1H3,(H2,3,4). The molecule has 1 amide bonds. The van der Waals surface area contributed by atoms with Gasteiger partial charge in [0.05, 0.1) is 6.07 Å². The van der Waals surface area contributed by atoms with Gasteiger partial charge in [-0.2, -0.15) is 5.26 Å². The molecule has 0 unspecified atom stereocenters. The van der Waals surface area contributed by atoms with Crippen LogP contribution in [0.15, 0.2) is 0 Å². The molecule has 0 aromatic carbocycles. The molecular formula is C5H10N2O. The molecule has 0 fully saturated rings. The Hall–Kier alpha value is -1.04. The van der Waals surface area contributed by atoms with Crippen LogP contribution in [-0.4, -0.2) is 5.91 Å². The van der Waals surface area contributed by atoms with E-state index in [1.54, 1.807) is 0 Å². The lowest BCUT2D eigenvalue weighted by Gasteiger charge is -1.60. The molecule has 0 spiro atoms. The molecule has 0 aliphatic carbocycles. The third kappa shape index (κ3) is 48600. The van der Waals surface area contributed by atoms with Gasteiger partial charge in [-0.05, 0) is 0 Å². The Morgan fingerprint density at radius 1 is 1.88 bits per heavy atom. The normalized spacial score (nSPS) is 5.62. The van der Waals surface area contributed by atoms with E-state index in [0.717, 1.165) is 0 Å². The first-order valence-corrected chi connectivity index (χ1v) is 2.28. The van der Waals surface area contributed by atoms with Crippen molar-refractivity contribution < 1.29 is 4.79 Å². The maximum atomic E-state index is 9.22. The molecule has 8 heavy (non-hydrogen) atoms. The lowest BCUT2D eigenvalue weighted by Crippen LogP contribution is -2.01. The second-order valence-corrected chi connectivity index (χ2v) is 1.12. The van der Waals surface area contributed by atoms with Gasteiger partial charge in [0.1, 0.15) is 0 Å². The molecule has 0 aromatic heterocycles. The molecule has 0 rings (SSSR count). The van der Waals surface area contributed by atoms with E-state index < -0.39 is 0 Å². The van der Waals surface area contributed by atoms with Crippen molar-refractivity contribution in [2.45, 2.75) is 20.3 Å². The van der Waals surface area contributed by atoms with Gasteiger partial charge in [0.15, 0.2) is 0 Å². The Kier molecular flexibility index (Phi) is 11.7. The minimum Gasteiger partial charge on any atom is -0.370 e. The van der Waals surface area contributed by atoms with Crippen molar-refractivity contribution >= 4 is 5.91 Å². The molecule has 3 nitrogen and oxygen atoms in total. The predicted octanol–water partition coefficient (Wildman–Crippen LogP) is 0.412. The average Bonchev–Trinajstić information content (AvgIpc) is 1.65. The van der Waals surface area contributed by atoms with Gasteiger partial charge in [-0.25, -0.2) is 0 Å². The summed E-state index contributed by atoms with van der Waals surface area (Å²) in [7, 11) is 0. The van der Waals surface area contributed by atoms with Crippen LogP contribution >= 0.6 is 0 Å². The van der Waals surface area contributed by atoms with Crippen molar-refractivity contribution in [1.82, 2.24) is 0 Å². The average molecular weight is 114 g/mol. The fourth-order valence-electron chi connectivity index (χ4n) is 0. The van der Waals surface area contributed by atoms with E-state index in [-0.39, 0.29) is 5.91 Å². The largest absolute Gasteiger partial charge is 0.370 e. The van der Waals surface area contributed by atoms with E-state index in [1.165, 1.54) is 6.92 Å². The molecule has 0 aliphatic rings. The van der Waals surface area contributed by atoms with Crippen LogP contribution in [0.5, 0.6) is 0 Å². The highest BCUT2D eigenvalue weighted by Crippen LogP contribution is 1.58. The fourth-order valence-corrected chi connectivity index (χ4v) is 0. The molecule has 0 radical (unpaired) electrons. The van der Waals surface area contributed by atoms with E-state index >= 15 is 0 Å². The zero-order chi connectivity index (χ0) is 6.99. The minimum absolute atomic E-state index is 0.333. The molecule has 0 saturated carbocycles. The number of rotatable bonds is 0. The van der Waals surface area contributed by atoms with Gasteiger partial charge in [-0.15, -0.1) is 0 Å². The minimum atomic E-state index is -0.333. The Morgan fingerprint density at radius 2 is 2.00 bits per heavy atom. The second kappa shape index (κ2) is 9.35.